The van der Waals surface area contributed by atoms with Gasteiger partial charge in [0.15, 0.2) is 0 Å². The summed E-state index contributed by atoms with van der Waals surface area (Å²) in [6, 6.07) is 5.40. The topological polar surface area (TPSA) is 86.7 Å². The molecular formula is C20H18F6O6S2. The summed E-state index contributed by atoms with van der Waals surface area (Å²) < 4.78 is 136. The summed E-state index contributed by atoms with van der Waals surface area (Å²) >= 11 is 0. The van der Waals surface area contributed by atoms with Gasteiger partial charge in [0.05, 0.1) is 33.1 Å². The Hall–Kier alpha value is -2.16. The highest BCUT2D eigenvalue weighted by molar-refractivity contribution is 7.87. The second-order valence-electron chi connectivity index (χ2n) is 7.56. The number of hydrogen-bond donors (Lipinski definition) is 0. The van der Waals surface area contributed by atoms with Crippen LogP contribution in [0.25, 0.3) is 0 Å². The highest BCUT2D eigenvalue weighted by Gasteiger charge is 2.34. The predicted molar refractivity (Wildman–Crippen MR) is 105 cm³/mol. The van der Waals surface area contributed by atoms with E-state index >= 15 is 0 Å². The quantitative estimate of drug-likeness (QED) is 0.378. The van der Waals surface area contributed by atoms with Gasteiger partial charge in [-0.3, -0.25) is 8.37 Å². The molecule has 1 fully saturated rings. The largest absolute Gasteiger partial charge is 0.416 e. The zero-order valence-corrected chi connectivity index (χ0v) is 18.8. The first-order valence-corrected chi connectivity index (χ1v) is 12.6. The monoisotopic (exact) mass is 532 g/mol. The molecule has 0 bridgehead atoms. The lowest BCUT2D eigenvalue weighted by Gasteiger charge is -2.28. The van der Waals surface area contributed by atoms with Crippen molar-refractivity contribution < 1.29 is 51.5 Å². The van der Waals surface area contributed by atoms with Crippen molar-refractivity contribution in [3.8, 4) is 0 Å². The van der Waals surface area contributed by atoms with E-state index in [1.165, 1.54) is 0 Å². The molecule has 0 amide bonds. The fourth-order valence-corrected chi connectivity index (χ4v) is 5.59. The van der Waals surface area contributed by atoms with Gasteiger partial charge in [0.25, 0.3) is 20.2 Å². The highest BCUT2D eigenvalue weighted by atomic mass is 32.2. The first-order chi connectivity index (χ1) is 15.6. The van der Waals surface area contributed by atoms with Crippen molar-refractivity contribution in [1.29, 1.82) is 0 Å². The molecule has 0 N–H and O–H groups in total. The molecule has 2 atom stereocenters. The molecule has 2 aromatic carbocycles. The van der Waals surface area contributed by atoms with Gasteiger partial charge in [-0.15, -0.1) is 0 Å². The van der Waals surface area contributed by atoms with Crippen LogP contribution in [0.3, 0.4) is 0 Å². The van der Waals surface area contributed by atoms with Gasteiger partial charge in [0, 0.05) is 6.42 Å². The fraction of sp³-hybridized carbons (Fsp3) is 0.400. The van der Waals surface area contributed by atoms with Crippen LogP contribution < -0.4 is 0 Å². The van der Waals surface area contributed by atoms with Crippen LogP contribution in [-0.4, -0.2) is 29.0 Å². The standard InChI is InChI=1S/C20H18F6O6S2/c21-19(22,23)13-4-8-17(9-5-13)33(27,28)31-15-2-1-3-16(12-15)32-34(29,30)18-10-6-14(7-11-18)20(24,25)26/h4-11,15-16H,1-3,12H2. The van der Waals surface area contributed by atoms with E-state index in [0.29, 0.717) is 30.7 Å². The Labute approximate surface area is 191 Å². The van der Waals surface area contributed by atoms with Crippen LogP contribution >= 0.6 is 0 Å². The average molecular weight is 532 g/mol. The third-order valence-corrected chi connectivity index (χ3v) is 7.79. The van der Waals surface area contributed by atoms with Gasteiger partial charge in [-0.05, 0) is 67.8 Å². The normalized spacial score (nSPS) is 20.3. The summed E-state index contributed by atoms with van der Waals surface area (Å²) in [5.41, 5.74) is -2.07. The number of alkyl halides is 6. The highest BCUT2D eigenvalue weighted by Crippen LogP contribution is 2.33. The van der Waals surface area contributed by atoms with Crippen LogP contribution in [0.5, 0.6) is 0 Å². The summed E-state index contributed by atoms with van der Waals surface area (Å²) in [6.45, 7) is 0. The molecule has 0 aromatic heterocycles. The molecule has 0 aliphatic heterocycles. The minimum Gasteiger partial charge on any atom is -0.263 e. The third kappa shape index (κ3) is 6.49. The Bertz CT molecular complexity index is 1110. The Morgan fingerprint density at radius 3 is 1.24 bits per heavy atom. The summed E-state index contributed by atoms with van der Waals surface area (Å²) in [6.07, 6.45) is -10.7. The van der Waals surface area contributed by atoms with Crippen molar-refractivity contribution in [3.05, 3.63) is 59.7 Å². The molecular weight excluding hydrogens is 514 g/mol. The van der Waals surface area contributed by atoms with Gasteiger partial charge in [0.2, 0.25) is 0 Å². The molecule has 6 nitrogen and oxygen atoms in total. The lowest BCUT2D eigenvalue weighted by Crippen LogP contribution is -2.31. The maximum absolute atomic E-state index is 12.7. The lowest BCUT2D eigenvalue weighted by atomic mass is 9.95. The molecule has 14 heteroatoms. The van der Waals surface area contributed by atoms with Crippen LogP contribution in [0.1, 0.15) is 36.8 Å². The molecule has 2 aromatic rings. The first-order valence-electron chi connectivity index (χ1n) is 9.79. The summed E-state index contributed by atoms with van der Waals surface area (Å²) in [5, 5.41) is 0. The van der Waals surface area contributed by atoms with Crippen LogP contribution in [0, 0.1) is 0 Å². The van der Waals surface area contributed by atoms with E-state index in [9.17, 15) is 43.2 Å². The van der Waals surface area contributed by atoms with Crippen LogP contribution in [0.2, 0.25) is 0 Å². The Balaban J connectivity index is 1.66. The molecule has 1 saturated carbocycles. The first kappa shape index (κ1) is 26.4. The van der Waals surface area contributed by atoms with Crippen molar-refractivity contribution in [3.63, 3.8) is 0 Å². The van der Waals surface area contributed by atoms with Gasteiger partial charge in [-0.2, -0.15) is 43.2 Å². The number of benzene rings is 2. The maximum atomic E-state index is 12.7. The Morgan fingerprint density at radius 2 is 0.941 bits per heavy atom. The van der Waals surface area contributed by atoms with Crippen LogP contribution in [0.15, 0.2) is 58.3 Å². The van der Waals surface area contributed by atoms with Crippen LogP contribution in [-0.2, 0) is 41.0 Å². The SMILES string of the molecule is O=S(=O)(OC1CCCC(OS(=O)(=O)c2ccc(C(F)(F)F)cc2)C1)c1ccc(C(F)(F)F)cc1. The smallest absolute Gasteiger partial charge is 0.263 e. The molecule has 0 heterocycles. The minimum absolute atomic E-state index is 0.167. The number of halogens is 6. The van der Waals surface area contributed by atoms with E-state index in [1.807, 2.05) is 0 Å². The third-order valence-electron chi connectivity index (χ3n) is 5.04. The maximum Gasteiger partial charge on any atom is 0.416 e. The van der Waals surface area contributed by atoms with Gasteiger partial charge in [-0.25, -0.2) is 0 Å². The second kappa shape index (κ2) is 9.47. The van der Waals surface area contributed by atoms with E-state index in [2.05, 4.69) is 0 Å². The Kier molecular flexibility index (Phi) is 7.37. The zero-order chi connectivity index (χ0) is 25.4. The molecule has 3 rings (SSSR count). The van der Waals surface area contributed by atoms with E-state index in [4.69, 9.17) is 8.37 Å². The van der Waals surface area contributed by atoms with Gasteiger partial charge in [-0.1, -0.05) is 0 Å². The summed E-state index contributed by atoms with van der Waals surface area (Å²) in [7, 11) is -8.88. The fourth-order valence-electron chi connectivity index (χ4n) is 3.37. The molecule has 0 spiro atoms. The van der Waals surface area contributed by atoms with Crippen LogP contribution in [0.4, 0.5) is 26.3 Å². The molecule has 0 saturated heterocycles. The van der Waals surface area contributed by atoms with E-state index in [-0.39, 0.29) is 19.3 Å². The molecule has 188 valence electrons. The van der Waals surface area contributed by atoms with E-state index in [1.54, 1.807) is 0 Å². The zero-order valence-electron chi connectivity index (χ0n) is 17.1. The summed E-state index contributed by atoms with van der Waals surface area (Å²) in [5.74, 6) is 0. The summed E-state index contributed by atoms with van der Waals surface area (Å²) in [4.78, 5) is -0.998. The second-order valence-corrected chi connectivity index (χ2v) is 10.7. The molecule has 0 radical (unpaired) electrons. The van der Waals surface area contributed by atoms with Crippen molar-refractivity contribution in [2.24, 2.45) is 0 Å². The number of hydrogen-bond acceptors (Lipinski definition) is 6. The van der Waals surface area contributed by atoms with Gasteiger partial charge in [0.1, 0.15) is 0 Å². The van der Waals surface area contributed by atoms with E-state index < -0.39 is 65.7 Å². The van der Waals surface area contributed by atoms with Crippen molar-refractivity contribution in [2.75, 3.05) is 0 Å². The predicted octanol–water partition coefficient (Wildman–Crippen LogP) is 5.15. The van der Waals surface area contributed by atoms with E-state index in [0.717, 1.165) is 24.3 Å². The van der Waals surface area contributed by atoms with Gasteiger partial charge >= 0.3 is 12.4 Å². The van der Waals surface area contributed by atoms with Crippen molar-refractivity contribution in [2.45, 2.75) is 60.0 Å². The van der Waals surface area contributed by atoms with Gasteiger partial charge < -0.3 is 0 Å². The minimum atomic E-state index is -4.64. The number of rotatable bonds is 6. The molecule has 34 heavy (non-hydrogen) atoms. The lowest BCUT2D eigenvalue weighted by molar-refractivity contribution is -0.138. The Morgan fingerprint density at radius 1 is 0.618 bits per heavy atom. The molecule has 1 aliphatic carbocycles. The molecule has 2 unspecified atom stereocenters. The van der Waals surface area contributed by atoms with Crippen molar-refractivity contribution in [1.82, 2.24) is 0 Å². The average Bonchev–Trinajstić information content (AvgIpc) is 2.72. The van der Waals surface area contributed by atoms with Crippen molar-refractivity contribution >= 4 is 20.2 Å². The molecule has 1 aliphatic rings.